The van der Waals surface area contributed by atoms with Crippen molar-refractivity contribution < 1.29 is 13.2 Å². The van der Waals surface area contributed by atoms with E-state index >= 15 is 0 Å². The van der Waals surface area contributed by atoms with Crippen LogP contribution in [0.1, 0.15) is 6.42 Å². The van der Waals surface area contributed by atoms with Crippen LogP contribution < -0.4 is 11.5 Å². The van der Waals surface area contributed by atoms with Gasteiger partial charge in [-0.3, -0.25) is 4.79 Å². The Morgan fingerprint density at radius 3 is 2.60 bits per heavy atom. The monoisotopic (exact) mass is 235 g/mol. The van der Waals surface area contributed by atoms with E-state index in [4.69, 9.17) is 11.5 Å². The third-order valence-corrected chi connectivity index (χ3v) is 4.43. The number of nitrogens with two attached hydrogens (primary N) is 2. The zero-order valence-electron chi connectivity index (χ0n) is 8.72. The molecule has 0 saturated carbocycles. The minimum absolute atomic E-state index is 0.0413. The van der Waals surface area contributed by atoms with Crippen LogP contribution in [-0.2, 0) is 14.6 Å². The van der Waals surface area contributed by atoms with Crippen LogP contribution in [0, 0.1) is 0 Å². The van der Waals surface area contributed by atoms with Gasteiger partial charge in [-0.1, -0.05) is 0 Å². The SMILES string of the molecule is CN(CC(N)C(N)=O)C1CCS(=O)(=O)C1. The minimum atomic E-state index is -2.90. The van der Waals surface area contributed by atoms with Crippen LogP contribution >= 0.6 is 0 Å². The lowest BCUT2D eigenvalue weighted by Crippen LogP contribution is -2.48. The first-order chi connectivity index (χ1) is 6.82. The molecule has 1 saturated heterocycles. The summed E-state index contributed by atoms with van der Waals surface area (Å²) >= 11 is 0. The molecule has 1 heterocycles. The Bertz CT molecular complexity index is 341. The zero-order valence-corrected chi connectivity index (χ0v) is 9.53. The van der Waals surface area contributed by atoms with Crippen molar-refractivity contribution in [1.29, 1.82) is 0 Å². The van der Waals surface area contributed by atoms with Gasteiger partial charge in [-0.25, -0.2) is 8.42 Å². The van der Waals surface area contributed by atoms with Crippen molar-refractivity contribution in [3.8, 4) is 0 Å². The highest BCUT2D eigenvalue weighted by Crippen LogP contribution is 2.16. The fourth-order valence-electron chi connectivity index (χ4n) is 1.67. The van der Waals surface area contributed by atoms with Gasteiger partial charge in [0.05, 0.1) is 17.5 Å². The molecule has 1 amide bonds. The summed E-state index contributed by atoms with van der Waals surface area (Å²) in [6, 6.07) is -0.779. The Balaban J connectivity index is 2.49. The smallest absolute Gasteiger partial charge is 0.235 e. The number of hydrogen-bond acceptors (Lipinski definition) is 5. The van der Waals surface area contributed by atoms with E-state index in [2.05, 4.69) is 0 Å². The topological polar surface area (TPSA) is 106 Å². The number of primary amides is 1. The number of carbonyl (C=O) groups is 1. The Hall–Kier alpha value is -0.660. The summed E-state index contributed by atoms with van der Waals surface area (Å²) in [7, 11) is -1.14. The average molecular weight is 235 g/mol. The van der Waals surface area contributed by atoms with Crippen LogP contribution in [0.25, 0.3) is 0 Å². The van der Waals surface area contributed by atoms with Crippen molar-refractivity contribution in [3.63, 3.8) is 0 Å². The maximum Gasteiger partial charge on any atom is 0.235 e. The molecule has 6 nitrogen and oxygen atoms in total. The quantitative estimate of drug-likeness (QED) is 0.581. The first kappa shape index (κ1) is 12.4. The maximum atomic E-state index is 11.2. The molecule has 88 valence electrons. The number of sulfone groups is 1. The third-order valence-electron chi connectivity index (χ3n) is 2.68. The number of rotatable bonds is 4. The van der Waals surface area contributed by atoms with E-state index in [1.54, 1.807) is 11.9 Å². The summed E-state index contributed by atoms with van der Waals surface area (Å²) in [5.41, 5.74) is 10.5. The Kier molecular flexibility index (Phi) is 3.69. The fraction of sp³-hybridized carbons (Fsp3) is 0.875. The van der Waals surface area contributed by atoms with Gasteiger partial charge in [-0.05, 0) is 13.5 Å². The van der Waals surface area contributed by atoms with E-state index in [1.165, 1.54) is 0 Å². The van der Waals surface area contributed by atoms with Crippen molar-refractivity contribution in [3.05, 3.63) is 0 Å². The van der Waals surface area contributed by atoms with Gasteiger partial charge in [0.2, 0.25) is 5.91 Å². The molecule has 1 rings (SSSR count). The van der Waals surface area contributed by atoms with Gasteiger partial charge in [0, 0.05) is 12.6 Å². The van der Waals surface area contributed by atoms with Crippen LogP contribution in [0.5, 0.6) is 0 Å². The van der Waals surface area contributed by atoms with Gasteiger partial charge in [0.15, 0.2) is 9.84 Å². The van der Waals surface area contributed by atoms with Crippen molar-refractivity contribution >= 4 is 15.7 Å². The normalized spacial score (nSPS) is 26.7. The first-order valence-corrected chi connectivity index (χ1v) is 6.59. The summed E-state index contributed by atoms with van der Waals surface area (Å²) in [5.74, 6) is -0.203. The lowest BCUT2D eigenvalue weighted by molar-refractivity contribution is -0.119. The van der Waals surface area contributed by atoms with Gasteiger partial charge >= 0.3 is 0 Å². The molecule has 2 atom stereocenters. The van der Waals surface area contributed by atoms with E-state index in [0.717, 1.165) is 0 Å². The molecule has 1 aliphatic rings. The van der Waals surface area contributed by atoms with Gasteiger partial charge in [0.1, 0.15) is 0 Å². The summed E-state index contributed by atoms with van der Waals surface area (Å²) in [5, 5.41) is 0. The second-order valence-corrected chi connectivity index (χ2v) is 6.23. The fourth-order valence-corrected chi connectivity index (χ4v) is 3.48. The standard InChI is InChI=1S/C8H17N3O3S/c1-11(4-7(9)8(10)12)6-2-3-15(13,14)5-6/h6-7H,2-5,9H2,1H3,(H2,10,12). The molecular weight excluding hydrogens is 218 g/mol. The van der Waals surface area contributed by atoms with Crippen LogP contribution in [0.2, 0.25) is 0 Å². The van der Waals surface area contributed by atoms with Gasteiger partial charge in [-0.15, -0.1) is 0 Å². The Morgan fingerprint density at radius 2 is 2.20 bits per heavy atom. The largest absolute Gasteiger partial charge is 0.368 e. The van der Waals surface area contributed by atoms with Crippen LogP contribution in [0.15, 0.2) is 0 Å². The second-order valence-electron chi connectivity index (χ2n) is 4.01. The molecular formula is C8H17N3O3S. The number of likely N-dealkylation sites (N-methyl/N-ethyl adjacent to an activating group) is 1. The molecule has 0 aliphatic carbocycles. The van der Waals surface area contributed by atoms with Crippen molar-refractivity contribution in [1.82, 2.24) is 4.90 Å². The predicted molar refractivity (Wildman–Crippen MR) is 56.9 cm³/mol. The lowest BCUT2D eigenvalue weighted by Gasteiger charge is -2.24. The zero-order chi connectivity index (χ0) is 11.6. The predicted octanol–water partition coefficient (Wildman–Crippen LogP) is -2.08. The summed E-state index contributed by atoms with van der Waals surface area (Å²) in [6.45, 7) is 0.301. The third kappa shape index (κ3) is 3.44. The van der Waals surface area contributed by atoms with Gasteiger partial charge < -0.3 is 16.4 Å². The summed E-state index contributed by atoms with van der Waals surface area (Å²) in [6.07, 6.45) is 0.602. The lowest BCUT2D eigenvalue weighted by atomic mass is 10.2. The van der Waals surface area contributed by atoms with Crippen LogP contribution in [0.3, 0.4) is 0 Å². The van der Waals surface area contributed by atoms with E-state index in [1.807, 2.05) is 0 Å². The number of amides is 1. The van der Waals surface area contributed by atoms with Crippen LogP contribution in [-0.4, -0.2) is 56.4 Å². The van der Waals surface area contributed by atoms with E-state index in [-0.39, 0.29) is 17.5 Å². The highest BCUT2D eigenvalue weighted by Gasteiger charge is 2.31. The molecule has 0 spiro atoms. The molecule has 7 heteroatoms. The number of carbonyl (C=O) groups excluding carboxylic acids is 1. The van der Waals surface area contributed by atoms with E-state index in [9.17, 15) is 13.2 Å². The number of nitrogens with zero attached hydrogens (tertiary/aromatic N) is 1. The van der Waals surface area contributed by atoms with Crippen LogP contribution in [0.4, 0.5) is 0 Å². The van der Waals surface area contributed by atoms with Gasteiger partial charge in [-0.2, -0.15) is 0 Å². The van der Waals surface area contributed by atoms with E-state index < -0.39 is 21.8 Å². The van der Waals surface area contributed by atoms with E-state index in [0.29, 0.717) is 13.0 Å². The molecule has 2 unspecified atom stereocenters. The minimum Gasteiger partial charge on any atom is -0.368 e. The maximum absolute atomic E-state index is 11.2. The average Bonchev–Trinajstić information content (AvgIpc) is 2.45. The summed E-state index contributed by atoms with van der Waals surface area (Å²) < 4.78 is 22.4. The second kappa shape index (κ2) is 4.46. The molecule has 0 aromatic carbocycles. The van der Waals surface area contributed by atoms with Gasteiger partial charge in [0.25, 0.3) is 0 Å². The molecule has 0 bridgehead atoms. The molecule has 0 aromatic heterocycles. The molecule has 15 heavy (non-hydrogen) atoms. The Labute approximate surface area is 89.5 Å². The molecule has 0 radical (unpaired) electrons. The van der Waals surface area contributed by atoms with Crippen molar-refractivity contribution in [2.75, 3.05) is 25.1 Å². The molecule has 1 aliphatic heterocycles. The van der Waals surface area contributed by atoms with Crippen molar-refractivity contribution in [2.24, 2.45) is 11.5 Å². The van der Waals surface area contributed by atoms with Crippen molar-refractivity contribution in [2.45, 2.75) is 18.5 Å². The molecule has 4 N–H and O–H groups in total. The number of hydrogen-bond donors (Lipinski definition) is 2. The highest BCUT2D eigenvalue weighted by molar-refractivity contribution is 7.91. The Morgan fingerprint density at radius 1 is 1.60 bits per heavy atom. The highest BCUT2D eigenvalue weighted by atomic mass is 32.2. The summed E-state index contributed by atoms with van der Waals surface area (Å²) in [4.78, 5) is 12.5. The first-order valence-electron chi connectivity index (χ1n) is 4.77. The molecule has 1 fully saturated rings. The molecule has 0 aromatic rings.